The van der Waals surface area contributed by atoms with Crippen molar-refractivity contribution in [2.75, 3.05) is 24.6 Å². The van der Waals surface area contributed by atoms with Crippen molar-refractivity contribution in [2.45, 2.75) is 57.2 Å². The lowest BCUT2D eigenvalue weighted by molar-refractivity contribution is 0.268. The first-order chi connectivity index (χ1) is 21.8. The molecular formula is C40H42N2O2. The van der Waals surface area contributed by atoms with Crippen LogP contribution in [0.1, 0.15) is 54.0 Å². The van der Waals surface area contributed by atoms with Crippen molar-refractivity contribution in [1.82, 2.24) is 5.32 Å². The molecule has 4 heteroatoms. The molecule has 0 aromatic heterocycles. The number of rotatable bonds is 10. The summed E-state index contributed by atoms with van der Waals surface area (Å²) in [6, 6.07) is 42.2. The molecule has 0 bridgehead atoms. The van der Waals surface area contributed by atoms with Crippen molar-refractivity contribution < 1.29 is 9.47 Å². The second-order valence-corrected chi connectivity index (χ2v) is 12.3. The molecule has 0 spiro atoms. The average molecular weight is 583 g/mol. The Labute approximate surface area is 261 Å². The summed E-state index contributed by atoms with van der Waals surface area (Å²) in [5.41, 5.74) is 6.55. The minimum Gasteiger partial charge on any atom is -0.494 e. The first-order valence-electron chi connectivity index (χ1n) is 16.3. The number of fused-ring (bicyclic) bond motifs is 2. The molecule has 1 saturated heterocycles. The van der Waals surface area contributed by atoms with Crippen LogP contribution in [0.4, 0.5) is 5.69 Å². The van der Waals surface area contributed by atoms with Crippen molar-refractivity contribution in [2.24, 2.45) is 0 Å². The maximum atomic E-state index is 6.22. The Hall–Kier alpha value is -4.28. The topological polar surface area (TPSA) is 33.7 Å². The number of nitrogens with zero attached hydrogens (tertiary/aromatic N) is 1. The van der Waals surface area contributed by atoms with E-state index in [0.29, 0.717) is 12.6 Å². The lowest BCUT2D eigenvalue weighted by Gasteiger charge is -2.39. The second kappa shape index (κ2) is 13.6. The van der Waals surface area contributed by atoms with Gasteiger partial charge < -0.3 is 19.7 Å². The van der Waals surface area contributed by atoms with Crippen molar-refractivity contribution >= 4 is 16.5 Å². The molecule has 1 fully saturated rings. The zero-order valence-corrected chi connectivity index (χ0v) is 25.5. The van der Waals surface area contributed by atoms with E-state index in [2.05, 4.69) is 119 Å². The third kappa shape index (κ3) is 6.76. The Morgan fingerprint density at radius 1 is 0.705 bits per heavy atom. The van der Waals surface area contributed by atoms with Crippen LogP contribution in [-0.4, -0.2) is 25.7 Å². The van der Waals surface area contributed by atoms with Gasteiger partial charge in [0.25, 0.3) is 0 Å². The van der Waals surface area contributed by atoms with Gasteiger partial charge in [-0.25, -0.2) is 0 Å². The van der Waals surface area contributed by atoms with Crippen LogP contribution in [0.25, 0.3) is 10.8 Å². The molecule has 0 saturated carbocycles. The van der Waals surface area contributed by atoms with Gasteiger partial charge in [0, 0.05) is 18.3 Å². The molecule has 5 aromatic carbocycles. The van der Waals surface area contributed by atoms with E-state index in [0.717, 1.165) is 50.5 Å². The predicted octanol–water partition coefficient (Wildman–Crippen LogP) is 8.68. The van der Waals surface area contributed by atoms with E-state index in [1.54, 1.807) is 0 Å². The molecule has 44 heavy (non-hydrogen) atoms. The van der Waals surface area contributed by atoms with E-state index in [1.807, 2.05) is 6.07 Å². The fraction of sp³-hybridized carbons (Fsp3) is 0.300. The Kier molecular flexibility index (Phi) is 8.79. The second-order valence-electron chi connectivity index (χ2n) is 12.3. The summed E-state index contributed by atoms with van der Waals surface area (Å²) >= 11 is 0. The molecule has 2 atom stereocenters. The molecule has 5 aromatic rings. The van der Waals surface area contributed by atoms with Gasteiger partial charge in [-0.2, -0.15) is 0 Å². The standard InChI is InChI=1S/C40H42N2O2/c1-2-8-31(9-3-1)29-44-38-19-20-39-34(28-38)21-24-42(36-16-15-32-10-4-5-11-33(32)27-36)40(39)26-30-13-17-37(18-14-30)43-25-22-35-12-6-7-23-41-35/h1-5,8-11,13-20,27-28,35,40-41H,6-7,12,21-26,29H2. The number of anilines is 1. The molecule has 4 nitrogen and oxygen atoms in total. The smallest absolute Gasteiger partial charge is 0.120 e. The van der Waals surface area contributed by atoms with Crippen LogP contribution < -0.4 is 19.7 Å². The fourth-order valence-corrected chi connectivity index (χ4v) is 6.84. The minimum absolute atomic E-state index is 0.229. The van der Waals surface area contributed by atoms with Crippen LogP contribution >= 0.6 is 0 Å². The maximum Gasteiger partial charge on any atom is 0.120 e. The number of benzene rings is 5. The van der Waals surface area contributed by atoms with E-state index in [4.69, 9.17) is 9.47 Å². The summed E-state index contributed by atoms with van der Waals surface area (Å²) in [4.78, 5) is 2.60. The monoisotopic (exact) mass is 582 g/mol. The molecule has 0 radical (unpaired) electrons. The van der Waals surface area contributed by atoms with Crippen LogP contribution in [0.5, 0.6) is 11.5 Å². The largest absolute Gasteiger partial charge is 0.494 e. The van der Waals surface area contributed by atoms with Crippen molar-refractivity contribution in [3.05, 3.63) is 138 Å². The number of hydrogen-bond donors (Lipinski definition) is 1. The van der Waals surface area contributed by atoms with Crippen LogP contribution in [0.3, 0.4) is 0 Å². The molecule has 0 aliphatic carbocycles. The Morgan fingerprint density at radius 2 is 1.52 bits per heavy atom. The van der Waals surface area contributed by atoms with Crippen LogP contribution in [0.15, 0.2) is 115 Å². The summed E-state index contributed by atoms with van der Waals surface area (Å²) in [7, 11) is 0. The Bertz CT molecular complexity index is 1660. The van der Waals surface area contributed by atoms with Gasteiger partial charge >= 0.3 is 0 Å². The molecule has 2 aliphatic heterocycles. The van der Waals surface area contributed by atoms with Crippen molar-refractivity contribution in [3.8, 4) is 11.5 Å². The molecule has 2 heterocycles. The lowest BCUT2D eigenvalue weighted by Crippen LogP contribution is -2.36. The summed E-state index contributed by atoms with van der Waals surface area (Å²) in [5, 5.41) is 6.18. The summed E-state index contributed by atoms with van der Waals surface area (Å²) < 4.78 is 12.4. The summed E-state index contributed by atoms with van der Waals surface area (Å²) in [5.74, 6) is 1.90. The molecule has 2 aliphatic rings. The summed E-state index contributed by atoms with van der Waals surface area (Å²) in [6.07, 6.45) is 6.87. The zero-order chi connectivity index (χ0) is 29.6. The lowest BCUT2D eigenvalue weighted by atomic mass is 9.88. The van der Waals surface area contributed by atoms with E-state index in [1.165, 1.54) is 58.0 Å². The van der Waals surface area contributed by atoms with E-state index in [-0.39, 0.29) is 6.04 Å². The number of nitrogens with one attached hydrogen (secondary N) is 1. The van der Waals surface area contributed by atoms with Crippen molar-refractivity contribution in [3.63, 3.8) is 0 Å². The number of piperidine rings is 1. The Morgan fingerprint density at radius 3 is 2.36 bits per heavy atom. The van der Waals surface area contributed by atoms with Gasteiger partial charge in [0.05, 0.1) is 12.6 Å². The molecule has 224 valence electrons. The van der Waals surface area contributed by atoms with Crippen LogP contribution in [0, 0.1) is 0 Å². The fourth-order valence-electron chi connectivity index (χ4n) is 6.84. The van der Waals surface area contributed by atoms with Gasteiger partial charge in [-0.05, 0) is 108 Å². The molecule has 1 N–H and O–H groups in total. The third-order valence-electron chi connectivity index (χ3n) is 9.28. The maximum absolute atomic E-state index is 6.22. The minimum atomic E-state index is 0.229. The first kappa shape index (κ1) is 28.5. The van der Waals surface area contributed by atoms with E-state index < -0.39 is 0 Å². The molecule has 0 amide bonds. The van der Waals surface area contributed by atoms with Gasteiger partial charge in [-0.3, -0.25) is 0 Å². The molecule has 2 unspecified atom stereocenters. The van der Waals surface area contributed by atoms with Crippen LogP contribution in [-0.2, 0) is 19.4 Å². The quantitative estimate of drug-likeness (QED) is 0.179. The number of ether oxygens (including phenoxy) is 2. The summed E-state index contributed by atoms with van der Waals surface area (Å²) in [6.45, 7) is 3.45. The normalized spacial score (nSPS) is 18.1. The van der Waals surface area contributed by atoms with Gasteiger partial charge in [0.2, 0.25) is 0 Å². The highest BCUT2D eigenvalue weighted by atomic mass is 16.5. The van der Waals surface area contributed by atoms with Crippen molar-refractivity contribution in [1.29, 1.82) is 0 Å². The highest BCUT2D eigenvalue weighted by molar-refractivity contribution is 5.86. The van der Waals surface area contributed by atoms with Gasteiger partial charge in [-0.15, -0.1) is 0 Å². The van der Waals surface area contributed by atoms with E-state index in [9.17, 15) is 0 Å². The Balaban J connectivity index is 1.10. The zero-order valence-electron chi connectivity index (χ0n) is 25.5. The average Bonchev–Trinajstić information content (AvgIpc) is 3.09. The highest BCUT2D eigenvalue weighted by Gasteiger charge is 2.28. The third-order valence-corrected chi connectivity index (χ3v) is 9.28. The van der Waals surface area contributed by atoms with Crippen LogP contribution in [0.2, 0.25) is 0 Å². The highest BCUT2D eigenvalue weighted by Crippen LogP contribution is 2.38. The van der Waals surface area contributed by atoms with Gasteiger partial charge in [0.15, 0.2) is 0 Å². The van der Waals surface area contributed by atoms with Gasteiger partial charge in [-0.1, -0.05) is 85.3 Å². The first-order valence-corrected chi connectivity index (χ1v) is 16.3. The SMILES string of the molecule is c1ccc(COc2ccc3c(c2)CCN(c2ccc4ccccc4c2)C3Cc2ccc(OCCC3CCCCN3)cc2)cc1. The van der Waals surface area contributed by atoms with Gasteiger partial charge in [0.1, 0.15) is 18.1 Å². The molecular weight excluding hydrogens is 540 g/mol. The number of hydrogen-bond acceptors (Lipinski definition) is 4. The predicted molar refractivity (Wildman–Crippen MR) is 181 cm³/mol. The molecule has 7 rings (SSSR count). The van der Waals surface area contributed by atoms with E-state index >= 15 is 0 Å².